The van der Waals surface area contributed by atoms with Crippen LogP contribution in [0.3, 0.4) is 0 Å². The molecule has 0 saturated heterocycles. The summed E-state index contributed by atoms with van der Waals surface area (Å²) in [6.45, 7) is 2.84. The van der Waals surface area contributed by atoms with Gasteiger partial charge in [-0.1, -0.05) is 15.9 Å². The maximum atomic E-state index is 10.4. The minimum Gasteiger partial charge on any atom is -0.507 e. The maximum absolute atomic E-state index is 10.4. The SMILES string of the molecule is CCOCc1cc(Br)cc(CC=O)c1O. The minimum absolute atomic E-state index is 0.152. The molecule has 0 radical (unpaired) electrons. The van der Waals surface area contributed by atoms with Crippen molar-refractivity contribution >= 4 is 22.2 Å². The Morgan fingerprint density at radius 3 is 2.73 bits per heavy atom. The van der Waals surface area contributed by atoms with Gasteiger partial charge in [-0.15, -0.1) is 0 Å². The van der Waals surface area contributed by atoms with E-state index in [1.54, 1.807) is 12.1 Å². The smallest absolute Gasteiger partial charge is 0.124 e. The molecule has 4 heteroatoms. The third-order valence-corrected chi connectivity index (χ3v) is 2.46. The highest BCUT2D eigenvalue weighted by Gasteiger charge is 2.08. The van der Waals surface area contributed by atoms with Gasteiger partial charge < -0.3 is 14.6 Å². The van der Waals surface area contributed by atoms with Gasteiger partial charge in [-0.05, 0) is 19.1 Å². The molecular formula is C11H13BrO3. The lowest BCUT2D eigenvalue weighted by molar-refractivity contribution is -0.107. The Labute approximate surface area is 97.2 Å². The lowest BCUT2D eigenvalue weighted by Crippen LogP contribution is -1.96. The number of carbonyl (C=O) groups is 1. The van der Waals surface area contributed by atoms with Crippen LogP contribution in [0.2, 0.25) is 0 Å². The van der Waals surface area contributed by atoms with Crippen LogP contribution in [-0.2, 0) is 22.6 Å². The molecule has 0 fully saturated rings. The van der Waals surface area contributed by atoms with Crippen molar-refractivity contribution in [2.24, 2.45) is 0 Å². The summed E-state index contributed by atoms with van der Waals surface area (Å²) in [6.07, 6.45) is 0.982. The summed E-state index contributed by atoms with van der Waals surface area (Å²) in [4.78, 5) is 10.4. The van der Waals surface area contributed by atoms with Gasteiger partial charge in [0.05, 0.1) is 6.61 Å². The zero-order valence-corrected chi connectivity index (χ0v) is 10.1. The Hall–Kier alpha value is -0.870. The number of hydrogen-bond donors (Lipinski definition) is 1. The fourth-order valence-corrected chi connectivity index (χ4v) is 1.84. The number of aldehydes is 1. The summed E-state index contributed by atoms with van der Waals surface area (Å²) in [5, 5.41) is 9.81. The number of halogens is 1. The molecule has 0 atom stereocenters. The van der Waals surface area contributed by atoms with E-state index < -0.39 is 0 Å². The van der Waals surface area contributed by atoms with Crippen LogP contribution in [0.5, 0.6) is 5.75 Å². The Morgan fingerprint density at radius 2 is 2.13 bits per heavy atom. The van der Waals surface area contributed by atoms with Crippen molar-refractivity contribution < 1.29 is 14.6 Å². The van der Waals surface area contributed by atoms with Crippen molar-refractivity contribution in [2.45, 2.75) is 20.0 Å². The van der Waals surface area contributed by atoms with Crippen LogP contribution in [0.1, 0.15) is 18.1 Å². The Morgan fingerprint density at radius 1 is 1.47 bits per heavy atom. The molecule has 1 rings (SSSR count). The van der Waals surface area contributed by atoms with Crippen molar-refractivity contribution in [3.05, 3.63) is 27.7 Å². The van der Waals surface area contributed by atoms with Gasteiger partial charge in [0.25, 0.3) is 0 Å². The number of hydrogen-bond acceptors (Lipinski definition) is 3. The molecular weight excluding hydrogens is 260 g/mol. The Bertz CT molecular complexity index is 350. The minimum atomic E-state index is 0.152. The molecule has 1 aromatic rings. The first-order chi connectivity index (χ1) is 7.19. The van der Waals surface area contributed by atoms with Crippen LogP contribution in [0.25, 0.3) is 0 Å². The van der Waals surface area contributed by atoms with E-state index in [9.17, 15) is 9.90 Å². The van der Waals surface area contributed by atoms with Crippen LogP contribution >= 0.6 is 15.9 Å². The van der Waals surface area contributed by atoms with Gasteiger partial charge in [0.2, 0.25) is 0 Å². The number of phenols is 1. The molecule has 0 saturated carbocycles. The molecule has 0 aliphatic rings. The summed E-state index contributed by atoms with van der Waals surface area (Å²) >= 11 is 3.33. The van der Waals surface area contributed by atoms with Gasteiger partial charge in [0, 0.05) is 28.6 Å². The lowest BCUT2D eigenvalue weighted by Gasteiger charge is -2.09. The van der Waals surface area contributed by atoms with Crippen LogP contribution in [0.4, 0.5) is 0 Å². The second-order valence-corrected chi connectivity index (χ2v) is 4.00. The second kappa shape index (κ2) is 5.88. The molecule has 1 aromatic carbocycles. The first-order valence-electron chi connectivity index (χ1n) is 4.70. The van der Waals surface area contributed by atoms with Gasteiger partial charge in [0.15, 0.2) is 0 Å². The quantitative estimate of drug-likeness (QED) is 0.838. The van der Waals surface area contributed by atoms with Crippen molar-refractivity contribution in [2.75, 3.05) is 6.61 Å². The summed E-state index contributed by atoms with van der Waals surface area (Å²) in [5.74, 6) is 0.152. The first-order valence-corrected chi connectivity index (χ1v) is 5.50. The van der Waals surface area contributed by atoms with Crippen LogP contribution in [0, 0.1) is 0 Å². The van der Waals surface area contributed by atoms with E-state index in [2.05, 4.69) is 15.9 Å². The van der Waals surface area contributed by atoms with Gasteiger partial charge in [-0.25, -0.2) is 0 Å². The van der Waals surface area contributed by atoms with Gasteiger partial charge >= 0.3 is 0 Å². The first kappa shape index (κ1) is 12.2. The molecule has 0 unspecified atom stereocenters. The van der Waals surface area contributed by atoms with E-state index in [1.807, 2.05) is 6.92 Å². The zero-order chi connectivity index (χ0) is 11.3. The molecule has 0 spiro atoms. The molecule has 0 aromatic heterocycles. The standard InChI is InChI=1S/C11H13BrO3/c1-2-15-7-9-6-10(12)5-8(3-4-13)11(9)14/h4-6,14H,2-3,7H2,1H3. The fourth-order valence-electron chi connectivity index (χ4n) is 1.28. The molecule has 15 heavy (non-hydrogen) atoms. The molecule has 0 aliphatic carbocycles. The van der Waals surface area contributed by atoms with E-state index in [1.165, 1.54) is 0 Å². The van der Waals surface area contributed by atoms with Crippen molar-refractivity contribution in [3.8, 4) is 5.75 Å². The average molecular weight is 273 g/mol. The lowest BCUT2D eigenvalue weighted by atomic mass is 10.1. The molecule has 0 bridgehead atoms. The van der Waals surface area contributed by atoms with E-state index in [0.717, 1.165) is 10.8 Å². The number of benzene rings is 1. The summed E-state index contributed by atoms with van der Waals surface area (Å²) in [7, 11) is 0. The number of ether oxygens (including phenoxy) is 1. The normalized spacial score (nSPS) is 10.3. The van der Waals surface area contributed by atoms with E-state index in [0.29, 0.717) is 24.3 Å². The van der Waals surface area contributed by atoms with Crippen molar-refractivity contribution in [1.29, 1.82) is 0 Å². The third kappa shape index (κ3) is 3.32. The second-order valence-electron chi connectivity index (χ2n) is 3.08. The van der Waals surface area contributed by atoms with Crippen molar-refractivity contribution in [1.82, 2.24) is 0 Å². The van der Waals surface area contributed by atoms with Crippen molar-refractivity contribution in [3.63, 3.8) is 0 Å². The highest BCUT2D eigenvalue weighted by Crippen LogP contribution is 2.28. The number of phenolic OH excluding ortho intramolecular Hbond substituents is 1. The summed E-state index contributed by atoms with van der Waals surface area (Å²) in [5.41, 5.74) is 1.32. The Balaban J connectivity index is 2.98. The predicted molar refractivity (Wildman–Crippen MR) is 60.9 cm³/mol. The molecule has 0 aliphatic heterocycles. The number of aromatic hydroxyl groups is 1. The predicted octanol–water partition coefficient (Wildman–Crippen LogP) is 2.43. The third-order valence-electron chi connectivity index (χ3n) is 2.00. The van der Waals surface area contributed by atoms with E-state index in [-0.39, 0.29) is 12.2 Å². The summed E-state index contributed by atoms with van der Waals surface area (Å²) in [6, 6.07) is 3.53. The number of carbonyl (C=O) groups excluding carboxylic acids is 1. The molecule has 1 N–H and O–H groups in total. The van der Waals surface area contributed by atoms with Crippen LogP contribution < -0.4 is 0 Å². The van der Waals surface area contributed by atoms with Gasteiger partial charge in [-0.3, -0.25) is 0 Å². The topological polar surface area (TPSA) is 46.5 Å². The highest BCUT2D eigenvalue weighted by atomic mass is 79.9. The summed E-state index contributed by atoms with van der Waals surface area (Å²) < 4.78 is 6.06. The van der Waals surface area contributed by atoms with E-state index in [4.69, 9.17) is 4.74 Å². The fraction of sp³-hybridized carbons (Fsp3) is 0.364. The monoisotopic (exact) mass is 272 g/mol. The van der Waals surface area contributed by atoms with Crippen LogP contribution in [-0.4, -0.2) is 18.0 Å². The molecule has 82 valence electrons. The molecule has 0 heterocycles. The van der Waals surface area contributed by atoms with Crippen LogP contribution in [0.15, 0.2) is 16.6 Å². The molecule has 0 amide bonds. The van der Waals surface area contributed by atoms with Gasteiger partial charge in [-0.2, -0.15) is 0 Å². The largest absolute Gasteiger partial charge is 0.507 e. The molecule has 3 nitrogen and oxygen atoms in total. The van der Waals surface area contributed by atoms with Gasteiger partial charge in [0.1, 0.15) is 12.0 Å². The van der Waals surface area contributed by atoms with E-state index >= 15 is 0 Å². The highest BCUT2D eigenvalue weighted by molar-refractivity contribution is 9.10. The maximum Gasteiger partial charge on any atom is 0.124 e. The zero-order valence-electron chi connectivity index (χ0n) is 8.50. The number of rotatable bonds is 5. The average Bonchev–Trinajstić information content (AvgIpc) is 2.21. The Kier molecular flexibility index (Phi) is 4.78.